The van der Waals surface area contributed by atoms with E-state index in [1.54, 1.807) is 0 Å². The van der Waals surface area contributed by atoms with Crippen LogP contribution in [0, 0.1) is 0 Å². The molecule has 0 aromatic heterocycles. The zero-order valence-corrected chi connectivity index (χ0v) is 56.0. The standard InChI is InChI=1S/C77H142O6/c1-4-7-10-13-16-19-22-25-28-30-32-34-36-37-38-39-40-41-42-44-45-47-49-52-55-58-61-64-67-70-76(79)82-73-74(72-81-75(78)69-66-63-60-57-54-51-27-24-21-18-15-12-9-6-3)83-77(80)71-68-65-62-59-56-53-50-48-46-43-35-33-31-29-26-23-20-17-14-11-8-5-2/h15,18,22,24-25,27,30,32,74H,4-14,16-17,19-21,23,26,28-29,31,33-73H2,1-3H3/b18-15-,25-22-,27-24-,32-30-. The average Bonchev–Trinajstić information content (AvgIpc) is 3.49. The number of hydrogen-bond acceptors (Lipinski definition) is 6. The van der Waals surface area contributed by atoms with E-state index in [2.05, 4.69) is 69.4 Å². The Labute approximate surface area is 518 Å². The van der Waals surface area contributed by atoms with Crippen molar-refractivity contribution in [1.29, 1.82) is 0 Å². The number of rotatable bonds is 69. The molecule has 0 saturated carbocycles. The minimum absolute atomic E-state index is 0.0723. The Morgan fingerprint density at radius 2 is 0.446 bits per heavy atom. The summed E-state index contributed by atoms with van der Waals surface area (Å²) in [4.78, 5) is 38.5. The van der Waals surface area contributed by atoms with Crippen molar-refractivity contribution >= 4 is 17.9 Å². The lowest BCUT2D eigenvalue weighted by atomic mass is 10.0. The van der Waals surface area contributed by atoms with Gasteiger partial charge < -0.3 is 14.2 Å². The Kier molecular flexibility index (Phi) is 69.6. The second kappa shape index (κ2) is 71.8. The zero-order chi connectivity index (χ0) is 59.9. The largest absolute Gasteiger partial charge is 0.462 e. The quantitative estimate of drug-likeness (QED) is 0.0261. The first-order valence-corrected chi connectivity index (χ1v) is 37.1. The predicted octanol–water partition coefficient (Wildman–Crippen LogP) is 25.7. The summed E-state index contributed by atoms with van der Waals surface area (Å²) in [6.07, 6.45) is 91.6. The maximum Gasteiger partial charge on any atom is 0.306 e. The van der Waals surface area contributed by atoms with Gasteiger partial charge in [-0.15, -0.1) is 0 Å². The summed E-state index contributed by atoms with van der Waals surface area (Å²) in [7, 11) is 0. The smallest absolute Gasteiger partial charge is 0.306 e. The highest BCUT2D eigenvalue weighted by molar-refractivity contribution is 5.71. The van der Waals surface area contributed by atoms with Gasteiger partial charge in [-0.05, 0) is 77.0 Å². The molecule has 0 aliphatic carbocycles. The molecule has 0 radical (unpaired) electrons. The fourth-order valence-electron chi connectivity index (χ4n) is 11.2. The summed E-state index contributed by atoms with van der Waals surface area (Å²) in [5.74, 6) is -0.857. The molecule has 0 aliphatic heterocycles. The molecular weight excluding hydrogens is 1020 g/mol. The van der Waals surface area contributed by atoms with Gasteiger partial charge in [0.2, 0.25) is 0 Å². The molecule has 6 heteroatoms. The highest BCUT2D eigenvalue weighted by Crippen LogP contribution is 2.19. The average molecular weight is 1160 g/mol. The molecule has 1 unspecified atom stereocenters. The second-order valence-corrected chi connectivity index (χ2v) is 25.2. The third-order valence-electron chi connectivity index (χ3n) is 16.8. The molecule has 0 aromatic carbocycles. The topological polar surface area (TPSA) is 78.9 Å². The van der Waals surface area contributed by atoms with Gasteiger partial charge in [0.05, 0.1) is 0 Å². The Hall–Kier alpha value is -2.63. The van der Waals surface area contributed by atoms with Crippen LogP contribution in [-0.2, 0) is 28.6 Å². The first kappa shape index (κ1) is 80.4. The number of hydrogen-bond donors (Lipinski definition) is 0. The Morgan fingerprint density at radius 3 is 0.699 bits per heavy atom. The van der Waals surface area contributed by atoms with Gasteiger partial charge in [-0.25, -0.2) is 0 Å². The van der Waals surface area contributed by atoms with E-state index < -0.39 is 6.10 Å². The molecule has 0 amide bonds. The van der Waals surface area contributed by atoms with Crippen LogP contribution in [0.3, 0.4) is 0 Å². The van der Waals surface area contributed by atoms with Crippen molar-refractivity contribution in [1.82, 2.24) is 0 Å². The Balaban J connectivity index is 4.21. The van der Waals surface area contributed by atoms with Gasteiger partial charge in [-0.1, -0.05) is 358 Å². The van der Waals surface area contributed by atoms with Crippen molar-refractivity contribution in [2.24, 2.45) is 0 Å². The molecule has 0 heterocycles. The molecule has 1 atom stereocenters. The van der Waals surface area contributed by atoms with Crippen LogP contribution in [0.25, 0.3) is 0 Å². The minimum atomic E-state index is -0.777. The van der Waals surface area contributed by atoms with E-state index in [9.17, 15) is 14.4 Å². The van der Waals surface area contributed by atoms with Crippen LogP contribution in [0.1, 0.15) is 406 Å². The highest BCUT2D eigenvalue weighted by atomic mass is 16.6. The van der Waals surface area contributed by atoms with Gasteiger partial charge in [0.1, 0.15) is 13.2 Å². The maximum atomic E-state index is 13.0. The lowest BCUT2D eigenvalue weighted by molar-refractivity contribution is -0.167. The molecule has 0 aromatic rings. The summed E-state index contributed by atoms with van der Waals surface area (Å²) < 4.78 is 17.0. The number of ether oxygens (including phenoxy) is 3. The monoisotopic (exact) mass is 1160 g/mol. The lowest BCUT2D eigenvalue weighted by Crippen LogP contribution is -2.30. The van der Waals surface area contributed by atoms with Crippen LogP contribution in [-0.4, -0.2) is 37.2 Å². The first-order chi connectivity index (χ1) is 41.0. The van der Waals surface area contributed by atoms with E-state index in [-0.39, 0.29) is 31.1 Å². The molecule has 0 bridgehead atoms. The van der Waals surface area contributed by atoms with E-state index in [0.29, 0.717) is 19.3 Å². The van der Waals surface area contributed by atoms with E-state index in [1.807, 2.05) is 0 Å². The molecule has 0 N–H and O–H groups in total. The fourth-order valence-corrected chi connectivity index (χ4v) is 11.2. The molecule has 0 fully saturated rings. The number of esters is 3. The summed E-state index contributed by atoms with van der Waals surface area (Å²) in [6.45, 7) is 6.65. The molecule has 6 nitrogen and oxygen atoms in total. The second-order valence-electron chi connectivity index (χ2n) is 25.2. The highest BCUT2D eigenvalue weighted by Gasteiger charge is 2.19. The third-order valence-corrected chi connectivity index (χ3v) is 16.8. The van der Waals surface area contributed by atoms with E-state index in [1.165, 1.54) is 283 Å². The summed E-state index contributed by atoms with van der Waals surface area (Å²) in [5, 5.41) is 0. The minimum Gasteiger partial charge on any atom is -0.462 e. The van der Waals surface area contributed by atoms with Crippen molar-refractivity contribution < 1.29 is 28.6 Å². The number of carbonyl (C=O) groups excluding carboxylic acids is 3. The van der Waals surface area contributed by atoms with Crippen molar-refractivity contribution in [3.8, 4) is 0 Å². The van der Waals surface area contributed by atoms with Crippen LogP contribution >= 0.6 is 0 Å². The number of carbonyl (C=O) groups is 3. The van der Waals surface area contributed by atoms with Gasteiger partial charge in [-0.3, -0.25) is 14.4 Å². The van der Waals surface area contributed by atoms with Crippen molar-refractivity contribution in [3.05, 3.63) is 48.6 Å². The van der Waals surface area contributed by atoms with Crippen LogP contribution in [0.5, 0.6) is 0 Å². The van der Waals surface area contributed by atoms with Crippen LogP contribution in [0.4, 0.5) is 0 Å². The molecule has 83 heavy (non-hydrogen) atoms. The number of allylic oxidation sites excluding steroid dienone is 8. The van der Waals surface area contributed by atoms with Crippen molar-refractivity contribution in [3.63, 3.8) is 0 Å². The zero-order valence-electron chi connectivity index (χ0n) is 56.0. The van der Waals surface area contributed by atoms with E-state index in [0.717, 1.165) is 83.5 Å². The molecule has 0 saturated heterocycles. The van der Waals surface area contributed by atoms with Gasteiger partial charge in [-0.2, -0.15) is 0 Å². The normalized spacial score (nSPS) is 12.3. The van der Waals surface area contributed by atoms with Gasteiger partial charge >= 0.3 is 17.9 Å². The summed E-state index contributed by atoms with van der Waals surface area (Å²) >= 11 is 0. The third kappa shape index (κ3) is 70.0. The van der Waals surface area contributed by atoms with E-state index in [4.69, 9.17) is 14.2 Å². The molecule has 0 spiro atoms. The molecule has 486 valence electrons. The van der Waals surface area contributed by atoms with Crippen LogP contribution < -0.4 is 0 Å². The SMILES string of the molecule is CCCC/C=C\C/C=C\CCCCCCCC(=O)OCC(COC(=O)CCCCCCCCCCCCCCCCCCC/C=C\C/C=C\CCCCCCC)OC(=O)CCCCCCCCCCCCCCCCCCCCCCCC. The van der Waals surface area contributed by atoms with Crippen LogP contribution in [0.15, 0.2) is 48.6 Å². The molecule has 0 rings (SSSR count). The maximum absolute atomic E-state index is 13.0. The van der Waals surface area contributed by atoms with Crippen molar-refractivity contribution in [2.75, 3.05) is 13.2 Å². The Morgan fingerprint density at radius 1 is 0.241 bits per heavy atom. The predicted molar refractivity (Wildman–Crippen MR) is 362 cm³/mol. The first-order valence-electron chi connectivity index (χ1n) is 37.1. The number of unbranched alkanes of at least 4 members (excludes halogenated alkanes) is 50. The van der Waals surface area contributed by atoms with Gasteiger partial charge in [0, 0.05) is 19.3 Å². The molecule has 0 aliphatic rings. The van der Waals surface area contributed by atoms with Crippen molar-refractivity contribution in [2.45, 2.75) is 412 Å². The van der Waals surface area contributed by atoms with Gasteiger partial charge in [0.25, 0.3) is 0 Å². The van der Waals surface area contributed by atoms with E-state index >= 15 is 0 Å². The van der Waals surface area contributed by atoms with Gasteiger partial charge in [0.15, 0.2) is 6.10 Å². The molecular formula is C77H142O6. The Bertz CT molecular complexity index is 1430. The summed E-state index contributed by atoms with van der Waals surface area (Å²) in [5.41, 5.74) is 0. The summed E-state index contributed by atoms with van der Waals surface area (Å²) in [6, 6.07) is 0. The van der Waals surface area contributed by atoms with Crippen LogP contribution in [0.2, 0.25) is 0 Å². The lowest BCUT2D eigenvalue weighted by Gasteiger charge is -2.18. The fraction of sp³-hybridized carbons (Fsp3) is 0.857.